The van der Waals surface area contributed by atoms with E-state index in [2.05, 4.69) is 5.32 Å². The van der Waals surface area contributed by atoms with Gasteiger partial charge in [0.05, 0.1) is 0 Å². The molecule has 130 valence electrons. The first-order valence-corrected chi connectivity index (χ1v) is 8.22. The van der Waals surface area contributed by atoms with Crippen molar-refractivity contribution in [3.05, 3.63) is 77.9 Å². The van der Waals surface area contributed by atoms with Gasteiger partial charge in [0, 0.05) is 16.6 Å². The summed E-state index contributed by atoms with van der Waals surface area (Å²) in [5, 5.41) is 22.8. The van der Waals surface area contributed by atoms with Gasteiger partial charge in [-0.3, -0.25) is 4.79 Å². The van der Waals surface area contributed by atoms with Crippen LogP contribution in [0.15, 0.2) is 72.3 Å². The second kappa shape index (κ2) is 8.33. The van der Waals surface area contributed by atoms with Crippen molar-refractivity contribution in [2.24, 2.45) is 0 Å². The van der Waals surface area contributed by atoms with Crippen LogP contribution in [0.2, 0.25) is 0 Å². The van der Waals surface area contributed by atoms with E-state index in [0.29, 0.717) is 17.0 Å². The minimum atomic E-state index is -0.510. The zero-order chi connectivity index (χ0) is 19.1. The van der Waals surface area contributed by atoms with Crippen LogP contribution in [-0.4, -0.2) is 12.5 Å². The van der Waals surface area contributed by atoms with E-state index in [-0.39, 0.29) is 12.2 Å². The Kier molecular flexibility index (Phi) is 5.47. The molecule has 3 aromatic rings. The molecule has 0 aliphatic rings. The van der Waals surface area contributed by atoms with Gasteiger partial charge in [0.25, 0.3) is 5.91 Å². The lowest BCUT2D eigenvalue weighted by atomic mass is 10.1. The van der Waals surface area contributed by atoms with Crippen LogP contribution >= 0.6 is 0 Å². The van der Waals surface area contributed by atoms with E-state index in [1.54, 1.807) is 30.3 Å². The number of nitrogens with one attached hydrogen (secondary N) is 1. The molecule has 0 saturated heterocycles. The zero-order valence-electron chi connectivity index (χ0n) is 14.3. The Hall–Kier alpha value is -4.09. The average Bonchev–Trinajstić information content (AvgIpc) is 2.71. The van der Waals surface area contributed by atoms with E-state index in [9.17, 15) is 10.1 Å². The summed E-state index contributed by atoms with van der Waals surface area (Å²) < 4.78 is 5.34. The Balaban J connectivity index is 1.90. The molecule has 0 unspecified atom stereocenters. The molecule has 0 saturated carbocycles. The molecule has 3 aromatic carbocycles. The van der Waals surface area contributed by atoms with Gasteiger partial charge in [-0.15, -0.1) is 0 Å². The minimum Gasteiger partial charge on any atom is -0.478 e. The number of carbonyl (C=O) groups is 1. The normalized spacial score (nSPS) is 10.7. The summed E-state index contributed by atoms with van der Waals surface area (Å²) in [5.41, 5.74) is 1.13. The number of carbonyl (C=O) groups excluding carboxylic acids is 1. The zero-order valence-corrected chi connectivity index (χ0v) is 14.3. The van der Waals surface area contributed by atoms with Crippen LogP contribution in [0, 0.1) is 22.7 Å². The molecule has 5 heteroatoms. The number of hydrogen-bond acceptors (Lipinski definition) is 4. The fraction of sp³-hybridized carbons (Fsp3) is 0.0455. The van der Waals surface area contributed by atoms with Gasteiger partial charge in [-0.1, -0.05) is 54.6 Å². The van der Waals surface area contributed by atoms with Crippen molar-refractivity contribution in [1.82, 2.24) is 0 Å². The SMILES string of the molecule is N#CCOc1ccccc1/C=C(\C#N)C(=O)Nc1cccc2ccccc12. The van der Waals surface area contributed by atoms with Crippen molar-refractivity contribution >= 4 is 28.4 Å². The van der Waals surface area contributed by atoms with Crippen molar-refractivity contribution in [2.75, 3.05) is 11.9 Å². The molecule has 0 spiro atoms. The smallest absolute Gasteiger partial charge is 0.266 e. The van der Waals surface area contributed by atoms with Gasteiger partial charge in [0.15, 0.2) is 6.61 Å². The Labute approximate surface area is 156 Å². The van der Waals surface area contributed by atoms with Crippen molar-refractivity contribution in [1.29, 1.82) is 10.5 Å². The van der Waals surface area contributed by atoms with Crippen LogP contribution in [0.5, 0.6) is 5.75 Å². The molecule has 1 amide bonds. The number of benzene rings is 3. The molecule has 0 bridgehead atoms. The summed E-state index contributed by atoms with van der Waals surface area (Å²) >= 11 is 0. The fourth-order valence-electron chi connectivity index (χ4n) is 2.67. The number of nitriles is 2. The highest BCUT2D eigenvalue weighted by molar-refractivity contribution is 6.13. The standard InChI is InChI=1S/C22H15N3O2/c23-12-13-27-21-11-4-2-7-17(21)14-18(15-24)22(26)25-20-10-5-8-16-6-1-3-9-19(16)20/h1-11,14H,13H2,(H,25,26)/b18-14+. The van der Waals surface area contributed by atoms with E-state index >= 15 is 0 Å². The maximum Gasteiger partial charge on any atom is 0.266 e. The second-order valence-electron chi connectivity index (χ2n) is 5.64. The van der Waals surface area contributed by atoms with E-state index in [4.69, 9.17) is 10.00 Å². The largest absolute Gasteiger partial charge is 0.478 e. The molecule has 3 rings (SSSR count). The average molecular weight is 353 g/mol. The van der Waals surface area contributed by atoms with Gasteiger partial charge < -0.3 is 10.1 Å². The molecule has 1 N–H and O–H groups in total. The van der Waals surface area contributed by atoms with Gasteiger partial charge in [-0.25, -0.2) is 0 Å². The van der Waals surface area contributed by atoms with Crippen LogP contribution in [-0.2, 0) is 4.79 Å². The third kappa shape index (κ3) is 4.12. The Bertz CT molecular complexity index is 1100. The number of para-hydroxylation sites is 1. The maximum atomic E-state index is 12.6. The molecule has 0 aliphatic carbocycles. The first-order valence-electron chi connectivity index (χ1n) is 8.22. The second-order valence-corrected chi connectivity index (χ2v) is 5.64. The number of anilines is 1. The van der Waals surface area contributed by atoms with Gasteiger partial charge >= 0.3 is 0 Å². The number of ether oxygens (including phenoxy) is 1. The molecule has 0 radical (unpaired) electrons. The molecule has 5 nitrogen and oxygen atoms in total. The first-order chi connectivity index (χ1) is 13.2. The van der Waals surface area contributed by atoms with Gasteiger partial charge in [0.1, 0.15) is 23.5 Å². The molecule has 0 aromatic heterocycles. The molecular formula is C22H15N3O2. The van der Waals surface area contributed by atoms with E-state index in [1.165, 1.54) is 6.08 Å². The predicted octanol–water partition coefficient (Wildman–Crippen LogP) is 4.29. The van der Waals surface area contributed by atoms with Gasteiger partial charge in [-0.05, 0) is 23.6 Å². The summed E-state index contributed by atoms with van der Waals surface area (Å²) in [6.07, 6.45) is 1.45. The summed E-state index contributed by atoms with van der Waals surface area (Å²) in [6, 6.07) is 24.0. The Morgan fingerprint density at radius 3 is 2.56 bits per heavy atom. The van der Waals surface area contributed by atoms with Gasteiger partial charge in [-0.2, -0.15) is 10.5 Å². The van der Waals surface area contributed by atoms with Crippen LogP contribution in [0.3, 0.4) is 0 Å². The van der Waals surface area contributed by atoms with E-state index < -0.39 is 5.91 Å². The maximum absolute atomic E-state index is 12.6. The lowest BCUT2D eigenvalue weighted by molar-refractivity contribution is -0.112. The Morgan fingerprint density at radius 2 is 1.74 bits per heavy atom. The monoisotopic (exact) mass is 353 g/mol. The van der Waals surface area contributed by atoms with Crippen molar-refractivity contribution in [3.63, 3.8) is 0 Å². The molecule has 27 heavy (non-hydrogen) atoms. The number of nitrogens with zero attached hydrogens (tertiary/aromatic N) is 2. The van der Waals surface area contributed by atoms with Crippen LogP contribution < -0.4 is 10.1 Å². The predicted molar refractivity (Wildman–Crippen MR) is 104 cm³/mol. The van der Waals surface area contributed by atoms with Gasteiger partial charge in [0.2, 0.25) is 0 Å². The molecule has 0 fully saturated rings. The molecular weight excluding hydrogens is 338 g/mol. The lowest BCUT2D eigenvalue weighted by Gasteiger charge is -2.09. The number of amides is 1. The number of rotatable bonds is 5. The van der Waals surface area contributed by atoms with Crippen molar-refractivity contribution < 1.29 is 9.53 Å². The molecule has 0 heterocycles. The Morgan fingerprint density at radius 1 is 1.00 bits per heavy atom. The van der Waals surface area contributed by atoms with Crippen LogP contribution in [0.25, 0.3) is 16.8 Å². The van der Waals surface area contributed by atoms with E-state index in [0.717, 1.165) is 10.8 Å². The highest BCUT2D eigenvalue weighted by atomic mass is 16.5. The number of fused-ring (bicyclic) bond motifs is 1. The number of hydrogen-bond donors (Lipinski definition) is 1. The summed E-state index contributed by atoms with van der Waals surface area (Å²) in [4.78, 5) is 12.6. The third-order valence-electron chi connectivity index (χ3n) is 3.91. The van der Waals surface area contributed by atoms with Crippen LogP contribution in [0.1, 0.15) is 5.56 Å². The summed E-state index contributed by atoms with van der Waals surface area (Å²) in [7, 11) is 0. The van der Waals surface area contributed by atoms with Crippen molar-refractivity contribution in [3.8, 4) is 17.9 Å². The third-order valence-corrected chi connectivity index (χ3v) is 3.91. The van der Waals surface area contributed by atoms with E-state index in [1.807, 2.05) is 48.5 Å². The highest BCUT2D eigenvalue weighted by Crippen LogP contribution is 2.25. The fourth-order valence-corrected chi connectivity index (χ4v) is 2.67. The summed E-state index contributed by atoms with van der Waals surface area (Å²) in [6.45, 7) is -0.116. The first kappa shape index (κ1) is 17.7. The quantitative estimate of drug-likeness (QED) is 0.548. The van der Waals surface area contributed by atoms with Crippen LogP contribution in [0.4, 0.5) is 5.69 Å². The summed E-state index contributed by atoms with van der Waals surface area (Å²) in [5.74, 6) is -0.0753. The minimum absolute atomic E-state index is 0.0593. The molecule has 0 atom stereocenters. The topological polar surface area (TPSA) is 85.9 Å². The molecule has 0 aliphatic heterocycles. The lowest BCUT2D eigenvalue weighted by Crippen LogP contribution is -2.13. The van der Waals surface area contributed by atoms with Crippen molar-refractivity contribution in [2.45, 2.75) is 0 Å². The highest BCUT2D eigenvalue weighted by Gasteiger charge is 2.12.